The van der Waals surface area contributed by atoms with Gasteiger partial charge in [0.15, 0.2) is 0 Å². The van der Waals surface area contributed by atoms with E-state index in [1.165, 1.54) is 5.56 Å². The Kier molecular flexibility index (Phi) is 3.06. The van der Waals surface area contributed by atoms with Crippen LogP contribution in [0.1, 0.15) is 15.9 Å². The molecule has 102 valence electrons. The van der Waals surface area contributed by atoms with Gasteiger partial charge in [0.25, 0.3) is 5.91 Å². The summed E-state index contributed by atoms with van der Waals surface area (Å²) in [6.07, 6.45) is 0.881. The molecule has 0 aromatic heterocycles. The van der Waals surface area contributed by atoms with E-state index in [1.807, 2.05) is 18.2 Å². The second-order valence-corrected chi connectivity index (χ2v) is 4.79. The van der Waals surface area contributed by atoms with E-state index >= 15 is 0 Å². The third-order valence-electron chi connectivity index (χ3n) is 3.62. The molecular formula is C16H16N2O2. The number of nitrogen functional groups attached to an aromatic ring is 1. The smallest absolute Gasteiger partial charge is 0.260 e. The van der Waals surface area contributed by atoms with E-state index in [4.69, 9.17) is 10.5 Å². The van der Waals surface area contributed by atoms with Crippen LogP contribution in [0, 0.1) is 0 Å². The summed E-state index contributed by atoms with van der Waals surface area (Å²) in [6, 6.07) is 13.1. The first kappa shape index (κ1) is 12.5. The van der Waals surface area contributed by atoms with Crippen LogP contribution in [-0.2, 0) is 6.42 Å². The second kappa shape index (κ2) is 4.89. The Bertz CT molecular complexity index is 667. The molecule has 3 rings (SSSR count). The van der Waals surface area contributed by atoms with E-state index in [0.29, 0.717) is 23.5 Å². The molecule has 2 aromatic carbocycles. The second-order valence-electron chi connectivity index (χ2n) is 4.79. The lowest BCUT2D eigenvalue weighted by Gasteiger charge is -2.18. The first-order valence-electron chi connectivity index (χ1n) is 6.54. The van der Waals surface area contributed by atoms with Gasteiger partial charge in [-0.25, -0.2) is 0 Å². The zero-order valence-corrected chi connectivity index (χ0v) is 11.3. The van der Waals surface area contributed by atoms with Gasteiger partial charge in [-0.15, -0.1) is 0 Å². The highest BCUT2D eigenvalue weighted by atomic mass is 16.5. The number of anilines is 2. The molecule has 1 amide bonds. The minimum absolute atomic E-state index is 0.0775. The number of hydrogen-bond acceptors (Lipinski definition) is 3. The first-order valence-corrected chi connectivity index (χ1v) is 6.54. The lowest BCUT2D eigenvalue weighted by atomic mass is 10.1. The number of rotatable bonds is 2. The molecule has 0 bridgehead atoms. The molecule has 1 aliphatic heterocycles. The van der Waals surface area contributed by atoms with E-state index in [1.54, 1.807) is 30.2 Å². The molecule has 0 atom stereocenters. The Morgan fingerprint density at radius 2 is 2.05 bits per heavy atom. The number of nitrogens with zero attached hydrogens (tertiary/aromatic N) is 1. The van der Waals surface area contributed by atoms with Crippen LogP contribution in [0.3, 0.4) is 0 Å². The Hall–Kier alpha value is -2.49. The maximum atomic E-state index is 12.7. The lowest BCUT2D eigenvalue weighted by molar-refractivity contribution is 0.0990. The van der Waals surface area contributed by atoms with Crippen molar-refractivity contribution in [2.24, 2.45) is 0 Å². The normalized spacial score (nSPS) is 13.2. The summed E-state index contributed by atoms with van der Waals surface area (Å²) in [5, 5.41) is 0. The van der Waals surface area contributed by atoms with Gasteiger partial charge in [0.2, 0.25) is 0 Å². The number of nitrogens with two attached hydrogens (primary N) is 1. The Labute approximate surface area is 117 Å². The Morgan fingerprint density at radius 3 is 2.85 bits per heavy atom. The van der Waals surface area contributed by atoms with Gasteiger partial charge in [0.05, 0.1) is 12.7 Å². The van der Waals surface area contributed by atoms with Crippen LogP contribution in [0.4, 0.5) is 11.4 Å². The molecule has 2 aromatic rings. The van der Waals surface area contributed by atoms with E-state index in [2.05, 4.69) is 6.07 Å². The fraction of sp³-hybridized carbons (Fsp3) is 0.188. The maximum Gasteiger partial charge on any atom is 0.260 e. The van der Waals surface area contributed by atoms with Crippen LogP contribution < -0.4 is 15.4 Å². The first-order chi connectivity index (χ1) is 9.70. The van der Waals surface area contributed by atoms with Gasteiger partial charge in [-0.2, -0.15) is 0 Å². The summed E-state index contributed by atoms with van der Waals surface area (Å²) in [6.45, 7) is 0.689. The average molecular weight is 268 g/mol. The van der Waals surface area contributed by atoms with Gasteiger partial charge in [0, 0.05) is 17.9 Å². The number of hydrogen-bond donors (Lipinski definition) is 1. The molecule has 0 aliphatic carbocycles. The van der Waals surface area contributed by atoms with Crippen LogP contribution >= 0.6 is 0 Å². The lowest BCUT2D eigenvalue weighted by Crippen LogP contribution is -2.29. The summed E-state index contributed by atoms with van der Waals surface area (Å²) in [5.74, 6) is 0.557. The number of carbonyl (C=O) groups is 1. The highest BCUT2D eigenvalue weighted by molar-refractivity contribution is 6.10. The van der Waals surface area contributed by atoms with Crippen molar-refractivity contribution in [3.8, 4) is 5.75 Å². The molecule has 0 spiro atoms. The molecular weight excluding hydrogens is 252 g/mol. The third-order valence-corrected chi connectivity index (χ3v) is 3.62. The maximum absolute atomic E-state index is 12.7. The Balaban J connectivity index is 1.98. The van der Waals surface area contributed by atoms with Crippen molar-refractivity contribution in [3.63, 3.8) is 0 Å². The molecule has 2 N–H and O–H groups in total. The van der Waals surface area contributed by atoms with Crippen LogP contribution in [0.15, 0.2) is 42.5 Å². The van der Waals surface area contributed by atoms with Crippen molar-refractivity contribution < 1.29 is 9.53 Å². The van der Waals surface area contributed by atoms with Crippen molar-refractivity contribution in [2.75, 3.05) is 24.3 Å². The van der Waals surface area contributed by atoms with Crippen molar-refractivity contribution in [3.05, 3.63) is 53.6 Å². The van der Waals surface area contributed by atoms with Crippen molar-refractivity contribution in [1.29, 1.82) is 0 Å². The topological polar surface area (TPSA) is 55.6 Å². The van der Waals surface area contributed by atoms with E-state index in [9.17, 15) is 4.79 Å². The molecule has 4 nitrogen and oxygen atoms in total. The van der Waals surface area contributed by atoms with Crippen molar-refractivity contribution >= 4 is 17.3 Å². The van der Waals surface area contributed by atoms with Gasteiger partial charge in [-0.3, -0.25) is 4.79 Å². The summed E-state index contributed by atoms with van der Waals surface area (Å²) in [5.41, 5.74) is 9.06. The van der Waals surface area contributed by atoms with Crippen LogP contribution in [0.25, 0.3) is 0 Å². The number of carbonyl (C=O) groups excluding carboxylic acids is 1. The van der Waals surface area contributed by atoms with Crippen LogP contribution in [0.5, 0.6) is 5.75 Å². The number of ether oxygens (including phenoxy) is 1. The molecule has 1 aliphatic rings. The van der Waals surface area contributed by atoms with Crippen LogP contribution in [0.2, 0.25) is 0 Å². The van der Waals surface area contributed by atoms with E-state index in [-0.39, 0.29) is 5.91 Å². The zero-order valence-electron chi connectivity index (χ0n) is 11.3. The zero-order chi connectivity index (χ0) is 14.1. The van der Waals surface area contributed by atoms with E-state index in [0.717, 1.165) is 12.1 Å². The highest BCUT2D eigenvalue weighted by Crippen LogP contribution is 2.30. The number of fused-ring (bicyclic) bond motifs is 1. The van der Waals surface area contributed by atoms with Gasteiger partial charge in [-0.05, 0) is 36.2 Å². The standard InChI is InChI=1S/C16H16N2O2/c1-20-12-6-7-14(17)13(10-12)16(19)18-9-8-11-4-2-3-5-15(11)18/h2-7,10H,8-9,17H2,1H3. The van der Waals surface area contributed by atoms with Gasteiger partial charge < -0.3 is 15.4 Å². The Morgan fingerprint density at radius 1 is 1.25 bits per heavy atom. The highest BCUT2D eigenvalue weighted by Gasteiger charge is 2.26. The number of benzene rings is 2. The molecule has 0 saturated carbocycles. The number of para-hydroxylation sites is 1. The molecule has 1 heterocycles. The number of methoxy groups -OCH3 is 1. The molecule has 0 unspecified atom stereocenters. The molecule has 0 saturated heterocycles. The largest absolute Gasteiger partial charge is 0.497 e. The van der Waals surface area contributed by atoms with E-state index < -0.39 is 0 Å². The quantitative estimate of drug-likeness (QED) is 0.851. The van der Waals surface area contributed by atoms with Gasteiger partial charge >= 0.3 is 0 Å². The summed E-state index contributed by atoms with van der Waals surface area (Å²) in [4.78, 5) is 14.5. The minimum Gasteiger partial charge on any atom is -0.497 e. The summed E-state index contributed by atoms with van der Waals surface area (Å²) < 4.78 is 5.17. The summed E-state index contributed by atoms with van der Waals surface area (Å²) in [7, 11) is 1.57. The van der Waals surface area contributed by atoms with Crippen molar-refractivity contribution in [2.45, 2.75) is 6.42 Å². The molecule has 4 heteroatoms. The van der Waals surface area contributed by atoms with Crippen LogP contribution in [-0.4, -0.2) is 19.6 Å². The number of amides is 1. The SMILES string of the molecule is COc1ccc(N)c(C(=O)N2CCc3ccccc32)c1. The third kappa shape index (κ3) is 1.99. The molecule has 0 fully saturated rings. The predicted molar refractivity (Wildman–Crippen MR) is 79.2 cm³/mol. The average Bonchev–Trinajstić information content (AvgIpc) is 2.91. The fourth-order valence-corrected chi connectivity index (χ4v) is 2.54. The predicted octanol–water partition coefficient (Wildman–Crippen LogP) is 2.48. The van der Waals surface area contributed by atoms with Gasteiger partial charge in [-0.1, -0.05) is 18.2 Å². The fourth-order valence-electron chi connectivity index (χ4n) is 2.54. The van der Waals surface area contributed by atoms with Crippen molar-refractivity contribution in [1.82, 2.24) is 0 Å². The minimum atomic E-state index is -0.0775. The molecule has 20 heavy (non-hydrogen) atoms. The van der Waals surface area contributed by atoms with Gasteiger partial charge in [0.1, 0.15) is 5.75 Å². The molecule has 0 radical (unpaired) electrons. The summed E-state index contributed by atoms with van der Waals surface area (Å²) >= 11 is 0. The monoisotopic (exact) mass is 268 g/mol.